The van der Waals surface area contributed by atoms with E-state index in [2.05, 4.69) is 0 Å². The van der Waals surface area contributed by atoms with Gasteiger partial charge in [0.05, 0.1) is 12.0 Å². The maximum Gasteiger partial charge on any atom is 0.272 e. The van der Waals surface area contributed by atoms with E-state index in [1.54, 1.807) is 25.3 Å². The molecule has 0 saturated heterocycles. The Labute approximate surface area is 129 Å². The second-order valence-electron chi connectivity index (χ2n) is 4.47. The molecule has 1 unspecified atom stereocenters. The first-order valence-electron chi connectivity index (χ1n) is 6.23. The number of hydrogen-bond acceptors (Lipinski definition) is 4. The molecule has 1 atom stereocenters. The molecule has 0 saturated carbocycles. The van der Waals surface area contributed by atoms with Crippen LogP contribution in [0, 0.1) is 10.1 Å². The Morgan fingerprint density at radius 2 is 1.81 bits per heavy atom. The maximum absolute atomic E-state index is 11.0. The number of rotatable bonds is 5. The third-order valence-corrected chi connectivity index (χ3v) is 3.17. The topological polar surface area (TPSA) is 78.4 Å². The van der Waals surface area contributed by atoms with Crippen LogP contribution in [0.1, 0.15) is 17.2 Å². The van der Waals surface area contributed by atoms with Crippen LogP contribution in [0.15, 0.2) is 48.5 Å². The molecule has 2 N–H and O–H groups in total. The van der Waals surface area contributed by atoms with Gasteiger partial charge in [0.2, 0.25) is 0 Å². The first kappa shape index (κ1) is 16.9. The number of halogens is 1. The SMILES string of the molecule is COc1ccc(C(N)Cc2ccccc2[N+](=O)[O-])cc1.Cl. The summed E-state index contributed by atoms with van der Waals surface area (Å²) in [6.45, 7) is 0. The summed E-state index contributed by atoms with van der Waals surface area (Å²) in [4.78, 5) is 10.6. The number of methoxy groups -OCH3 is 1. The Morgan fingerprint density at radius 3 is 2.38 bits per heavy atom. The Hall–Kier alpha value is -2.11. The van der Waals surface area contributed by atoms with Gasteiger partial charge in [-0.2, -0.15) is 0 Å². The van der Waals surface area contributed by atoms with Gasteiger partial charge in [-0.05, 0) is 24.1 Å². The summed E-state index contributed by atoms with van der Waals surface area (Å²) >= 11 is 0. The fourth-order valence-electron chi connectivity index (χ4n) is 2.07. The monoisotopic (exact) mass is 308 g/mol. The van der Waals surface area contributed by atoms with E-state index in [1.165, 1.54) is 6.07 Å². The molecular weight excluding hydrogens is 292 g/mol. The Bertz CT molecular complexity index is 602. The molecule has 0 heterocycles. The highest BCUT2D eigenvalue weighted by molar-refractivity contribution is 5.85. The van der Waals surface area contributed by atoms with E-state index in [1.807, 2.05) is 24.3 Å². The minimum absolute atomic E-state index is 0. The summed E-state index contributed by atoms with van der Waals surface area (Å²) < 4.78 is 5.09. The van der Waals surface area contributed by atoms with Crippen molar-refractivity contribution in [2.24, 2.45) is 5.73 Å². The van der Waals surface area contributed by atoms with Gasteiger partial charge in [0.15, 0.2) is 0 Å². The number of nitrogens with two attached hydrogens (primary N) is 1. The lowest BCUT2D eigenvalue weighted by Gasteiger charge is -2.12. The predicted molar refractivity (Wildman–Crippen MR) is 84.0 cm³/mol. The van der Waals surface area contributed by atoms with Gasteiger partial charge in [0.1, 0.15) is 5.75 Å². The second-order valence-corrected chi connectivity index (χ2v) is 4.47. The average Bonchev–Trinajstić information content (AvgIpc) is 2.47. The Morgan fingerprint density at radius 1 is 1.19 bits per heavy atom. The highest BCUT2D eigenvalue weighted by Gasteiger charge is 2.16. The van der Waals surface area contributed by atoms with E-state index in [0.29, 0.717) is 12.0 Å². The van der Waals surface area contributed by atoms with Crippen LogP contribution in [-0.4, -0.2) is 12.0 Å². The fraction of sp³-hybridized carbons (Fsp3) is 0.200. The van der Waals surface area contributed by atoms with Gasteiger partial charge >= 0.3 is 0 Å². The van der Waals surface area contributed by atoms with Gasteiger partial charge in [0, 0.05) is 17.7 Å². The highest BCUT2D eigenvalue weighted by Crippen LogP contribution is 2.24. The van der Waals surface area contributed by atoms with Gasteiger partial charge in [-0.3, -0.25) is 10.1 Å². The third kappa shape index (κ3) is 4.18. The van der Waals surface area contributed by atoms with Gasteiger partial charge in [-0.15, -0.1) is 12.4 Å². The van der Waals surface area contributed by atoms with Crippen molar-refractivity contribution in [3.63, 3.8) is 0 Å². The van der Waals surface area contributed by atoms with Gasteiger partial charge in [0.25, 0.3) is 5.69 Å². The molecule has 0 aromatic heterocycles. The molecule has 2 aromatic carbocycles. The van der Waals surface area contributed by atoms with Crippen LogP contribution in [0.4, 0.5) is 5.69 Å². The van der Waals surface area contributed by atoms with Crippen LogP contribution >= 0.6 is 12.4 Å². The molecule has 0 aliphatic rings. The summed E-state index contributed by atoms with van der Waals surface area (Å²) in [5.41, 5.74) is 7.79. The minimum atomic E-state index is -0.379. The van der Waals surface area contributed by atoms with Crippen LogP contribution in [0.3, 0.4) is 0 Å². The van der Waals surface area contributed by atoms with Crippen molar-refractivity contribution in [2.75, 3.05) is 7.11 Å². The molecule has 2 aromatic rings. The Balaban J connectivity index is 0.00000220. The zero-order valence-electron chi connectivity index (χ0n) is 11.6. The van der Waals surface area contributed by atoms with Crippen molar-refractivity contribution in [1.82, 2.24) is 0 Å². The van der Waals surface area contributed by atoms with E-state index in [0.717, 1.165) is 11.3 Å². The summed E-state index contributed by atoms with van der Waals surface area (Å²) in [7, 11) is 1.60. The molecule has 112 valence electrons. The lowest BCUT2D eigenvalue weighted by atomic mass is 9.98. The normalized spacial score (nSPS) is 11.3. The molecule has 0 spiro atoms. The smallest absolute Gasteiger partial charge is 0.272 e. The Kier molecular flexibility index (Phi) is 6.14. The standard InChI is InChI=1S/C15H16N2O3.ClH/c1-20-13-8-6-11(7-9-13)14(16)10-12-4-2-3-5-15(12)17(18)19;/h2-9,14H,10,16H2,1H3;1H. The summed E-state index contributed by atoms with van der Waals surface area (Å²) in [6.07, 6.45) is 0.420. The number of nitro benzene ring substituents is 1. The molecule has 21 heavy (non-hydrogen) atoms. The molecule has 6 heteroatoms. The molecule has 0 aliphatic heterocycles. The van der Waals surface area contributed by atoms with Crippen LogP contribution in [0.5, 0.6) is 5.75 Å². The van der Waals surface area contributed by atoms with Crippen LogP contribution in [-0.2, 0) is 6.42 Å². The quantitative estimate of drug-likeness (QED) is 0.679. The van der Waals surface area contributed by atoms with Crippen molar-refractivity contribution in [1.29, 1.82) is 0 Å². The van der Waals surface area contributed by atoms with Crippen LogP contribution < -0.4 is 10.5 Å². The van der Waals surface area contributed by atoms with Gasteiger partial charge < -0.3 is 10.5 Å². The van der Waals surface area contributed by atoms with E-state index in [4.69, 9.17) is 10.5 Å². The molecule has 0 aliphatic carbocycles. The molecular formula is C15H17ClN2O3. The summed E-state index contributed by atoms with van der Waals surface area (Å²) in [5.74, 6) is 0.756. The average molecular weight is 309 g/mol. The lowest BCUT2D eigenvalue weighted by molar-refractivity contribution is -0.385. The molecule has 0 radical (unpaired) electrons. The molecule has 0 amide bonds. The zero-order valence-corrected chi connectivity index (χ0v) is 12.4. The van der Waals surface area contributed by atoms with Crippen molar-refractivity contribution in [3.05, 3.63) is 69.8 Å². The van der Waals surface area contributed by atoms with Crippen LogP contribution in [0.2, 0.25) is 0 Å². The lowest BCUT2D eigenvalue weighted by Crippen LogP contribution is -2.14. The molecule has 0 fully saturated rings. The largest absolute Gasteiger partial charge is 0.497 e. The third-order valence-electron chi connectivity index (χ3n) is 3.17. The maximum atomic E-state index is 11.0. The van der Waals surface area contributed by atoms with Gasteiger partial charge in [-0.25, -0.2) is 0 Å². The van der Waals surface area contributed by atoms with E-state index in [-0.39, 0.29) is 29.1 Å². The first-order valence-corrected chi connectivity index (χ1v) is 6.23. The number of hydrogen-bond donors (Lipinski definition) is 1. The predicted octanol–water partition coefficient (Wildman–Crippen LogP) is 3.27. The number of nitro groups is 1. The minimum Gasteiger partial charge on any atom is -0.497 e. The molecule has 0 bridgehead atoms. The number of para-hydroxylation sites is 1. The first-order chi connectivity index (χ1) is 9.61. The van der Waals surface area contributed by atoms with E-state index >= 15 is 0 Å². The number of ether oxygens (including phenoxy) is 1. The molecule has 5 nitrogen and oxygen atoms in total. The fourth-order valence-corrected chi connectivity index (χ4v) is 2.07. The van der Waals surface area contributed by atoms with Crippen molar-refractivity contribution in [3.8, 4) is 5.75 Å². The number of benzene rings is 2. The van der Waals surface area contributed by atoms with Crippen molar-refractivity contribution >= 4 is 18.1 Å². The van der Waals surface area contributed by atoms with Crippen molar-refractivity contribution < 1.29 is 9.66 Å². The van der Waals surface area contributed by atoms with Crippen molar-refractivity contribution in [2.45, 2.75) is 12.5 Å². The van der Waals surface area contributed by atoms with E-state index < -0.39 is 0 Å². The van der Waals surface area contributed by atoms with Gasteiger partial charge in [-0.1, -0.05) is 30.3 Å². The second kappa shape index (κ2) is 7.61. The highest BCUT2D eigenvalue weighted by atomic mass is 35.5. The summed E-state index contributed by atoms with van der Waals surface area (Å²) in [5, 5.41) is 11.0. The molecule has 2 rings (SSSR count). The summed E-state index contributed by atoms with van der Waals surface area (Å²) in [6, 6.07) is 13.8. The van der Waals surface area contributed by atoms with Crippen LogP contribution in [0.25, 0.3) is 0 Å². The number of nitrogens with zero attached hydrogens (tertiary/aromatic N) is 1. The zero-order chi connectivity index (χ0) is 14.5. The van der Waals surface area contributed by atoms with E-state index in [9.17, 15) is 10.1 Å².